The van der Waals surface area contributed by atoms with E-state index in [2.05, 4.69) is 15.2 Å². The quantitative estimate of drug-likeness (QED) is 0.874. The van der Waals surface area contributed by atoms with Crippen LogP contribution in [0, 0.1) is 5.92 Å². The van der Waals surface area contributed by atoms with Crippen molar-refractivity contribution in [3.63, 3.8) is 0 Å². The van der Waals surface area contributed by atoms with Gasteiger partial charge in [-0.05, 0) is 37.3 Å². The molecular weight excluding hydrogens is 266 g/mol. The summed E-state index contributed by atoms with van der Waals surface area (Å²) in [7, 11) is 0. The predicted molar refractivity (Wildman–Crippen MR) is 84.4 cm³/mol. The van der Waals surface area contributed by atoms with E-state index in [9.17, 15) is 9.90 Å². The van der Waals surface area contributed by atoms with Crippen LogP contribution >= 0.6 is 0 Å². The van der Waals surface area contributed by atoms with Crippen molar-refractivity contribution < 1.29 is 9.90 Å². The fourth-order valence-electron chi connectivity index (χ4n) is 2.42. The number of aromatic nitrogens is 1. The highest BCUT2D eigenvalue weighted by molar-refractivity contribution is 5.90. The minimum absolute atomic E-state index is 0.0742. The molecule has 116 valence electrons. The van der Waals surface area contributed by atoms with Gasteiger partial charge in [0.15, 0.2) is 0 Å². The van der Waals surface area contributed by atoms with Gasteiger partial charge in [0, 0.05) is 13.1 Å². The third-order valence-electron chi connectivity index (χ3n) is 3.90. The summed E-state index contributed by atoms with van der Waals surface area (Å²) in [4.78, 5) is 18.4. The number of pyridine rings is 1. The molecule has 1 fully saturated rings. The van der Waals surface area contributed by atoms with Crippen LogP contribution in [0.2, 0.25) is 0 Å². The van der Waals surface area contributed by atoms with Crippen LogP contribution in [0.15, 0.2) is 18.3 Å². The number of amides is 1. The minimum atomic E-state index is -0.613. The molecule has 1 atom stereocenters. The standard InChI is InChI=1S/C16H25N3O2/c1-12(2)14(20)10-16(21)18-15-7-6-13(11-17-15)19-8-4-3-5-9-19/h6-7,11-12,14,20H,3-5,8-10H2,1-2H3,(H,17,18,21). The molecule has 0 aromatic carbocycles. The van der Waals surface area contributed by atoms with E-state index in [1.54, 1.807) is 6.20 Å². The Morgan fingerprint density at radius 2 is 2.05 bits per heavy atom. The highest BCUT2D eigenvalue weighted by atomic mass is 16.3. The number of nitrogens with zero attached hydrogens (tertiary/aromatic N) is 2. The molecule has 1 aliphatic heterocycles. The van der Waals surface area contributed by atoms with Crippen LogP contribution in [0.1, 0.15) is 39.5 Å². The van der Waals surface area contributed by atoms with Gasteiger partial charge in [0.2, 0.25) is 5.91 Å². The van der Waals surface area contributed by atoms with Gasteiger partial charge in [-0.2, -0.15) is 0 Å². The summed E-state index contributed by atoms with van der Waals surface area (Å²) < 4.78 is 0. The predicted octanol–water partition coefficient (Wildman–Crippen LogP) is 2.42. The molecule has 2 rings (SSSR count). The van der Waals surface area contributed by atoms with Gasteiger partial charge in [0.25, 0.3) is 0 Å². The smallest absolute Gasteiger partial charge is 0.228 e. The molecule has 5 heteroatoms. The maximum absolute atomic E-state index is 11.8. The Balaban J connectivity index is 1.88. The zero-order chi connectivity index (χ0) is 15.2. The number of carbonyl (C=O) groups excluding carboxylic acids is 1. The molecule has 1 unspecified atom stereocenters. The number of aliphatic hydroxyl groups excluding tert-OH is 1. The molecule has 1 aliphatic rings. The third-order valence-corrected chi connectivity index (χ3v) is 3.90. The van der Waals surface area contributed by atoms with Crippen molar-refractivity contribution in [3.8, 4) is 0 Å². The lowest BCUT2D eigenvalue weighted by atomic mass is 10.0. The van der Waals surface area contributed by atoms with Crippen LogP contribution in [0.3, 0.4) is 0 Å². The first-order chi connectivity index (χ1) is 10.1. The normalized spacial score (nSPS) is 16.9. The maximum Gasteiger partial charge on any atom is 0.228 e. The van der Waals surface area contributed by atoms with Crippen molar-refractivity contribution in [2.75, 3.05) is 23.3 Å². The molecule has 1 saturated heterocycles. The molecule has 2 heterocycles. The van der Waals surface area contributed by atoms with E-state index in [1.165, 1.54) is 19.3 Å². The second-order valence-electron chi connectivity index (χ2n) is 6.01. The summed E-state index contributed by atoms with van der Waals surface area (Å²) in [6.07, 6.45) is 5.05. The van der Waals surface area contributed by atoms with Gasteiger partial charge >= 0.3 is 0 Å². The number of carbonyl (C=O) groups is 1. The molecule has 0 bridgehead atoms. The summed E-state index contributed by atoms with van der Waals surface area (Å²) in [6, 6.07) is 3.82. The number of aliphatic hydroxyl groups is 1. The second-order valence-corrected chi connectivity index (χ2v) is 6.01. The van der Waals surface area contributed by atoms with Crippen molar-refractivity contribution in [1.29, 1.82) is 0 Å². The first kappa shape index (κ1) is 15.8. The summed E-state index contributed by atoms with van der Waals surface area (Å²) in [6.45, 7) is 5.94. The number of nitrogens with one attached hydrogen (secondary N) is 1. The molecular formula is C16H25N3O2. The lowest BCUT2D eigenvalue weighted by molar-refractivity contribution is -0.118. The maximum atomic E-state index is 11.8. The average molecular weight is 291 g/mol. The Bertz CT molecular complexity index is 453. The van der Waals surface area contributed by atoms with E-state index in [-0.39, 0.29) is 18.2 Å². The molecule has 21 heavy (non-hydrogen) atoms. The van der Waals surface area contributed by atoms with Crippen molar-refractivity contribution in [2.45, 2.75) is 45.6 Å². The second kappa shape index (κ2) is 7.41. The number of hydrogen-bond acceptors (Lipinski definition) is 4. The molecule has 0 spiro atoms. The van der Waals surface area contributed by atoms with E-state index < -0.39 is 6.10 Å². The van der Waals surface area contributed by atoms with Crippen LogP contribution in [0.25, 0.3) is 0 Å². The van der Waals surface area contributed by atoms with E-state index in [0.29, 0.717) is 5.82 Å². The van der Waals surface area contributed by atoms with Crippen LogP contribution in [-0.2, 0) is 4.79 Å². The Morgan fingerprint density at radius 1 is 1.33 bits per heavy atom. The average Bonchev–Trinajstić information content (AvgIpc) is 2.48. The topological polar surface area (TPSA) is 65.5 Å². The minimum Gasteiger partial charge on any atom is -0.392 e. The highest BCUT2D eigenvalue weighted by Gasteiger charge is 2.15. The molecule has 0 radical (unpaired) electrons. The SMILES string of the molecule is CC(C)C(O)CC(=O)Nc1ccc(N2CCCCC2)cn1. The van der Waals surface area contributed by atoms with E-state index in [0.717, 1.165) is 18.8 Å². The molecule has 1 aromatic heterocycles. The number of hydrogen-bond donors (Lipinski definition) is 2. The first-order valence-corrected chi connectivity index (χ1v) is 7.75. The largest absolute Gasteiger partial charge is 0.392 e. The van der Waals surface area contributed by atoms with Gasteiger partial charge in [-0.1, -0.05) is 13.8 Å². The summed E-state index contributed by atoms with van der Waals surface area (Å²) in [5, 5.41) is 12.4. The van der Waals surface area contributed by atoms with Crippen molar-refractivity contribution in [3.05, 3.63) is 18.3 Å². The Labute approximate surface area is 126 Å². The van der Waals surface area contributed by atoms with Gasteiger partial charge in [0.05, 0.1) is 24.4 Å². The van der Waals surface area contributed by atoms with Crippen molar-refractivity contribution in [2.24, 2.45) is 5.92 Å². The van der Waals surface area contributed by atoms with Gasteiger partial charge in [-0.3, -0.25) is 4.79 Å². The molecule has 1 aromatic rings. The van der Waals surface area contributed by atoms with Gasteiger partial charge in [-0.15, -0.1) is 0 Å². The third kappa shape index (κ3) is 4.70. The van der Waals surface area contributed by atoms with E-state index >= 15 is 0 Å². The van der Waals surface area contributed by atoms with Crippen LogP contribution in [0.5, 0.6) is 0 Å². The van der Waals surface area contributed by atoms with Crippen LogP contribution in [0.4, 0.5) is 11.5 Å². The summed E-state index contributed by atoms with van der Waals surface area (Å²) >= 11 is 0. The molecule has 0 saturated carbocycles. The van der Waals surface area contributed by atoms with Gasteiger partial charge in [0.1, 0.15) is 5.82 Å². The van der Waals surface area contributed by atoms with E-state index in [4.69, 9.17) is 0 Å². The molecule has 2 N–H and O–H groups in total. The molecule has 5 nitrogen and oxygen atoms in total. The zero-order valence-electron chi connectivity index (χ0n) is 12.9. The van der Waals surface area contributed by atoms with Gasteiger partial charge < -0.3 is 15.3 Å². The van der Waals surface area contributed by atoms with Crippen LogP contribution < -0.4 is 10.2 Å². The van der Waals surface area contributed by atoms with Gasteiger partial charge in [-0.25, -0.2) is 4.98 Å². The first-order valence-electron chi connectivity index (χ1n) is 7.75. The highest BCUT2D eigenvalue weighted by Crippen LogP contribution is 2.20. The van der Waals surface area contributed by atoms with Crippen molar-refractivity contribution >= 4 is 17.4 Å². The van der Waals surface area contributed by atoms with Crippen molar-refractivity contribution in [1.82, 2.24) is 4.98 Å². The number of piperidine rings is 1. The van der Waals surface area contributed by atoms with Crippen LogP contribution in [-0.4, -0.2) is 35.2 Å². The lowest BCUT2D eigenvalue weighted by Crippen LogP contribution is -2.29. The zero-order valence-corrected chi connectivity index (χ0v) is 12.9. The summed E-state index contributed by atoms with van der Waals surface area (Å²) in [5.41, 5.74) is 1.11. The van der Waals surface area contributed by atoms with E-state index in [1.807, 2.05) is 26.0 Å². The monoisotopic (exact) mass is 291 g/mol. The summed E-state index contributed by atoms with van der Waals surface area (Å²) in [5.74, 6) is 0.413. The molecule has 1 amide bonds. The fraction of sp³-hybridized carbons (Fsp3) is 0.625. The fourth-order valence-corrected chi connectivity index (χ4v) is 2.42. The Kier molecular flexibility index (Phi) is 5.56. The lowest BCUT2D eigenvalue weighted by Gasteiger charge is -2.28. The molecule has 0 aliphatic carbocycles. The number of rotatable bonds is 5. The Morgan fingerprint density at radius 3 is 2.62 bits per heavy atom. The number of anilines is 2. The Hall–Kier alpha value is -1.62.